The van der Waals surface area contributed by atoms with E-state index >= 15 is 0 Å². The lowest BCUT2D eigenvalue weighted by Gasteiger charge is -2.16. The number of hydrogen-bond donors (Lipinski definition) is 2. The maximum atomic E-state index is 13.3. The highest BCUT2D eigenvalue weighted by Crippen LogP contribution is 2.45. The molecule has 3 rings (SSSR count). The number of nitrogens with zero attached hydrogens (tertiary/aromatic N) is 2. The van der Waals surface area contributed by atoms with E-state index in [-0.39, 0.29) is 18.2 Å². The van der Waals surface area contributed by atoms with Crippen molar-refractivity contribution in [3.63, 3.8) is 0 Å². The molecule has 0 aliphatic carbocycles. The van der Waals surface area contributed by atoms with Crippen LogP contribution in [0.15, 0.2) is 27.6 Å². The van der Waals surface area contributed by atoms with Gasteiger partial charge in [0.2, 0.25) is 0 Å². The highest BCUT2D eigenvalue weighted by molar-refractivity contribution is 9.10. The van der Waals surface area contributed by atoms with Gasteiger partial charge in [-0.1, -0.05) is 59.7 Å². The van der Waals surface area contributed by atoms with Crippen molar-refractivity contribution in [2.24, 2.45) is 0 Å². The van der Waals surface area contributed by atoms with Crippen molar-refractivity contribution in [2.75, 3.05) is 18.0 Å². The number of unbranched alkanes of at least 4 members (excludes halogenated alkanes) is 3. The SMILES string of the molecule is CC(=O)O.CCCCN1C(=O)/C(=C2/SC(=S)N(CCCCCC(=O)O)C2=O)c2cc(Br)ccc21. The predicted molar refractivity (Wildman–Crippen MR) is 140 cm³/mol. The fourth-order valence-electron chi connectivity index (χ4n) is 3.53. The smallest absolute Gasteiger partial charge is 0.303 e. The molecule has 2 aliphatic heterocycles. The molecule has 2 heterocycles. The number of aliphatic carboxylic acids is 2. The van der Waals surface area contributed by atoms with Gasteiger partial charge in [0.05, 0.1) is 16.2 Å². The van der Waals surface area contributed by atoms with Crippen molar-refractivity contribution in [1.29, 1.82) is 0 Å². The molecule has 0 saturated carbocycles. The van der Waals surface area contributed by atoms with Gasteiger partial charge in [0.1, 0.15) is 4.32 Å². The second kappa shape index (κ2) is 13.0. The Morgan fingerprint density at radius 3 is 2.29 bits per heavy atom. The average molecular weight is 572 g/mol. The van der Waals surface area contributed by atoms with Crippen molar-refractivity contribution < 1.29 is 29.4 Å². The van der Waals surface area contributed by atoms with Gasteiger partial charge >= 0.3 is 5.97 Å². The van der Waals surface area contributed by atoms with Crippen LogP contribution in [0.2, 0.25) is 0 Å². The molecule has 0 spiro atoms. The van der Waals surface area contributed by atoms with Crippen LogP contribution in [0.1, 0.15) is 57.9 Å². The first-order valence-corrected chi connectivity index (χ1v) is 12.9. The fourth-order valence-corrected chi connectivity index (χ4v) is 5.27. The highest BCUT2D eigenvalue weighted by Gasteiger charge is 2.41. The van der Waals surface area contributed by atoms with Gasteiger partial charge < -0.3 is 15.1 Å². The number of carbonyl (C=O) groups is 4. The van der Waals surface area contributed by atoms with E-state index in [4.69, 9.17) is 27.2 Å². The number of thioether (sulfide) groups is 1. The van der Waals surface area contributed by atoms with Crippen LogP contribution in [-0.4, -0.2) is 56.3 Å². The topological polar surface area (TPSA) is 115 Å². The lowest BCUT2D eigenvalue weighted by atomic mass is 10.1. The van der Waals surface area contributed by atoms with Crippen LogP contribution >= 0.6 is 39.9 Å². The van der Waals surface area contributed by atoms with Gasteiger partial charge in [-0.2, -0.15) is 0 Å². The van der Waals surface area contributed by atoms with Crippen molar-refractivity contribution in [3.05, 3.63) is 33.1 Å². The predicted octanol–water partition coefficient (Wildman–Crippen LogP) is 4.90. The number of carboxylic acid groups (broad SMARTS) is 2. The van der Waals surface area contributed by atoms with E-state index in [2.05, 4.69) is 22.9 Å². The second-order valence-electron chi connectivity index (χ2n) is 7.72. The average Bonchev–Trinajstić information content (AvgIpc) is 3.17. The lowest BCUT2D eigenvalue weighted by molar-refractivity contribution is -0.137. The third kappa shape index (κ3) is 7.13. The third-order valence-corrected chi connectivity index (χ3v) is 7.00. The van der Waals surface area contributed by atoms with E-state index in [0.29, 0.717) is 47.2 Å². The normalized spacial score (nSPS) is 17.1. The summed E-state index contributed by atoms with van der Waals surface area (Å²) in [4.78, 5) is 49.7. The molecule has 11 heteroatoms. The molecule has 34 heavy (non-hydrogen) atoms. The summed E-state index contributed by atoms with van der Waals surface area (Å²) in [6.07, 6.45) is 3.91. The molecule has 2 N–H and O–H groups in total. The first kappa shape index (κ1) is 28.0. The van der Waals surface area contributed by atoms with Crippen LogP contribution in [0.25, 0.3) is 5.57 Å². The first-order valence-electron chi connectivity index (χ1n) is 10.9. The van der Waals surface area contributed by atoms with Crippen molar-refractivity contribution >= 4 is 79.2 Å². The highest BCUT2D eigenvalue weighted by atomic mass is 79.9. The number of carbonyl (C=O) groups excluding carboxylic acids is 2. The maximum Gasteiger partial charge on any atom is 0.303 e. The number of thiocarbonyl (C=S) groups is 1. The zero-order valence-corrected chi connectivity index (χ0v) is 22.2. The van der Waals surface area contributed by atoms with Crippen LogP contribution < -0.4 is 4.90 Å². The summed E-state index contributed by atoms with van der Waals surface area (Å²) in [7, 11) is 0. The van der Waals surface area contributed by atoms with Crippen LogP contribution in [0.5, 0.6) is 0 Å². The Balaban J connectivity index is 0.000000945. The van der Waals surface area contributed by atoms with Gasteiger partial charge in [0.25, 0.3) is 17.8 Å². The number of hydrogen-bond acceptors (Lipinski definition) is 6. The van der Waals surface area contributed by atoms with Crippen molar-refractivity contribution in [3.8, 4) is 0 Å². The molecule has 0 bridgehead atoms. The Bertz CT molecular complexity index is 1020. The summed E-state index contributed by atoms with van der Waals surface area (Å²) in [5, 5.41) is 16.1. The van der Waals surface area contributed by atoms with Crippen molar-refractivity contribution in [1.82, 2.24) is 4.90 Å². The lowest BCUT2D eigenvalue weighted by Crippen LogP contribution is -2.30. The maximum absolute atomic E-state index is 13.3. The van der Waals surface area contributed by atoms with Gasteiger partial charge in [-0.15, -0.1) is 0 Å². The molecule has 1 fully saturated rings. The zero-order chi connectivity index (χ0) is 25.4. The summed E-state index contributed by atoms with van der Waals surface area (Å²) < 4.78 is 1.29. The number of benzene rings is 1. The van der Waals surface area contributed by atoms with E-state index in [1.165, 1.54) is 16.7 Å². The number of fused-ring (bicyclic) bond motifs is 1. The summed E-state index contributed by atoms with van der Waals surface area (Å²) >= 11 is 10.1. The van der Waals surface area contributed by atoms with Crippen LogP contribution in [-0.2, 0) is 19.2 Å². The Hall–Kier alpha value is -2.24. The minimum absolute atomic E-state index is 0.121. The zero-order valence-electron chi connectivity index (χ0n) is 19.0. The standard InChI is InChI=1S/C21H23BrN2O4S2.C2H4O2/c1-2-3-10-23-15-9-8-13(22)12-14(15)17(19(23)27)18-20(28)24(21(29)30-18)11-6-4-5-7-16(25)26;1-2(3)4/h8-9,12H,2-7,10-11H2,1H3,(H,25,26);1H3,(H,3,4)/b18-17+;. The second-order valence-corrected chi connectivity index (χ2v) is 10.3. The van der Waals surface area contributed by atoms with Gasteiger partial charge in [-0.25, -0.2) is 0 Å². The summed E-state index contributed by atoms with van der Waals surface area (Å²) in [5.41, 5.74) is 2.01. The Labute approximate surface area is 216 Å². The van der Waals surface area contributed by atoms with Gasteiger partial charge in [0, 0.05) is 36.5 Å². The summed E-state index contributed by atoms with van der Waals surface area (Å²) in [6.45, 7) is 4.20. The molecule has 0 radical (unpaired) electrons. The molecule has 8 nitrogen and oxygen atoms in total. The molecule has 0 atom stereocenters. The monoisotopic (exact) mass is 570 g/mol. The molecule has 1 aromatic carbocycles. The number of anilines is 1. The molecule has 2 amide bonds. The largest absolute Gasteiger partial charge is 0.481 e. The number of halogens is 1. The molecule has 1 aromatic rings. The Morgan fingerprint density at radius 2 is 1.68 bits per heavy atom. The van der Waals surface area contributed by atoms with E-state index in [1.54, 1.807) is 4.90 Å². The first-order chi connectivity index (χ1) is 16.1. The van der Waals surface area contributed by atoms with Crippen LogP contribution in [0.3, 0.4) is 0 Å². The van der Waals surface area contributed by atoms with E-state index in [1.807, 2.05) is 18.2 Å². The number of carboxylic acids is 2. The third-order valence-electron chi connectivity index (χ3n) is 5.06. The van der Waals surface area contributed by atoms with Crippen LogP contribution in [0, 0.1) is 0 Å². The Kier molecular flexibility index (Phi) is 10.7. The number of rotatable bonds is 9. The van der Waals surface area contributed by atoms with E-state index in [9.17, 15) is 14.4 Å². The fraction of sp³-hybridized carbons (Fsp3) is 0.435. The summed E-state index contributed by atoms with van der Waals surface area (Å²) in [6, 6.07) is 5.69. The molecular weight excluding hydrogens is 544 g/mol. The Morgan fingerprint density at radius 1 is 1.03 bits per heavy atom. The minimum atomic E-state index is -0.833. The molecule has 0 aromatic heterocycles. The quantitative estimate of drug-likeness (QED) is 0.244. The van der Waals surface area contributed by atoms with Gasteiger partial charge in [-0.3, -0.25) is 24.1 Å². The minimum Gasteiger partial charge on any atom is -0.481 e. The van der Waals surface area contributed by atoms with Crippen LogP contribution in [0.4, 0.5) is 5.69 Å². The molecule has 184 valence electrons. The van der Waals surface area contributed by atoms with E-state index < -0.39 is 11.9 Å². The van der Waals surface area contributed by atoms with Gasteiger partial charge in [-0.05, 0) is 37.5 Å². The van der Waals surface area contributed by atoms with E-state index in [0.717, 1.165) is 35.5 Å². The molecule has 0 unspecified atom stereocenters. The summed E-state index contributed by atoms with van der Waals surface area (Å²) in [5.74, 6) is -2.05. The van der Waals surface area contributed by atoms with Gasteiger partial charge in [0.15, 0.2) is 0 Å². The molecule has 1 saturated heterocycles. The molecule has 2 aliphatic rings. The van der Waals surface area contributed by atoms with Crippen molar-refractivity contribution in [2.45, 2.75) is 52.4 Å². The number of amides is 2. The molecular formula is C23H27BrN2O6S2.